The number of carboxylic acids is 1. The van der Waals surface area contributed by atoms with Crippen molar-refractivity contribution >= 4 is 17.6 Å². The molecule has 0 atom stereocenters. The maximum atomic E-state index is 10.2. The van der Waals surface area contributed by atoms with Gasteiger partial charge in [-0.05, 0) is 0 Å². The average molecular weight is 147 g/mol. The van der Waals surface area contributed by atoms with Crippen LogP contribution in [-0.2, 0) is 4.79 Å². The van der Waals surface area contributed by atoms with Crippen molar-refractivity contribution in [2.75, 3.05) is 0 Å². The highest BCUT2D eigenvalue weighted by molar-refractivity contribution is 6.36. The molecule has 0 aliphatic rings. The van der Waals surface area contributed by atoms with Gasteiger partial charge in [-0.1, -0.05) is 23.8 Å². The third-order valence-corrected chi connectivity index (χ3v) is 1.39. The molecule has 0 saturated heterocycles. The predicted molar refractivity (Wildman–Crippen MR) is 36.6 cm³/mol. The highest BCUT2D eigenvalue weighted by Gasteiger charge is 2.27. The summed E-state index contributed by atoms with van der Waals surface area (Å²) >= 11 is 5.41. The fourth-order valence-corrected chi connectivity index (χ4v) is 0.258. The van der Waals surface area contributed by atoms with Gasteiger partial charge in [0.2, 0.25) is 0 Å². The Bertz CT molecular complexity index is 143. The number of hydrogen-bond donors (Lipinski definition) is 1. The molecule has 0 amide bonds. The number of alkyl halides is 1. The summed E-state index contributed by atoms with van der Waals surface area (Å²) in [5, 5.41) is 8.36. The van der Waals surface area contributed by atoms with Crippen molar-refractivity contribution in [3.05, 3.63) is 25.3 Å². The molecule has 1 N–H and O–H groups in total. The van der Waals surface area contributed by atoms with Crippen LogP contribution in [0.5, 0.6) is 0 Å². The van der Waals surface area contributed by atoms with Crippen LogP contribution < -0.4 is 0 Å². The van der Waals surface area contributed by atoms with Gasteiger partial charge < -0.3 is 5.11 Å². The molecule has 0 aliphatic carbocycles. The van der Waals surface area contributed by atoms with Crippen molar-refractivity contribution in [3.8, 4) is 0 Å². The van der Waals surface area contributed by atoms with E-state index >= 15 is 0 Å². The van der Waals surface area contributed by atoms with Crippen molar-refractivity contribution in [1.82, 2.24) is 0 Å². The molecule has 0 radical (unpaired) electrons. The lowest BCUT2D eigenvalue weighted by Crippen LogP contribution is -2.26. The summed E-state index contributed by atoms with van der Waals surface area (Å²) in [6.07, 6.45) is 2.23. The maximum absolute atomic E-state index is 10.2. The van der Waals surface area contributed by atoms with Crippen molar-refractivity contribution in [2.45, 2.75) is 4.87 Å². The van der Waals surface area contributed by atoms with E-state index in [1.807, 2.05) is 0 Å². The summed E-state index contributed by atoms with van der Waals surface area (Å²) in [5.74, 6) is -1.16. The zero-order chi connectivity index (χ0) is 7.49. The minimum Gasteiger partial charge on any atom is -0.479 e. The first-order valence-corrected chi connectivity index (χ1v) is 2.64. The summed E-state index contributed by atoms with van der Waals surface area (Å²) in [6, 6.07) is 0. The molecule has 2 nitrogen and oxygen atoms in total. The number of aliphatic carboxylic acids is 1. The lowest BCUT2D eigenvalue weighted by molar-refractivity contribution is -0.137. The lowest BCUT2D eigenvalue weighted by atomic mass is 10.1. The first kappa shape index (κ1) is 8.24. The van der Waals surface area contributed by atoms with E-state index in [0.29, 0.717) is 0 Å². The van der Waals surface area contributed by atoms with E-state index < -0.39 is 10.8 Å². The smallest absolute Gasteiger partial charge is 0.332 e. The molecule has 0 bridgehead atoms. The minimum absolute atomic E-state index is 1.11. The Balaban J connectivity index is 4.46. The van der Waals surface area contributed by atoms with E-state index in [1.165, 1.54) is 0 Å². The van der Waals surface area contributed by atoms with Crippen molar-refractivity contribution in [3.63, 3.8) is 0 Å². The van der Waals surface area contributed by atoms with E-state index in [0.717, 1.165) is 12.2 Å². The fourth-order valence-electron chi connectivity index (χ4n) is 0.258. The second kappa shape index (κ2) is 2.69. The Labute approximate surface area is 58.4 Å². The molecule has 0 heterocycles. The molecule has 0 aliphatic heterocycles. The number of carboxylic acid groups (broad SMARTS) is 1. The standard InChI is InChI=1S/C6H7ClO2/c1-3-6(7,4-2)5(8)9/h3-4H,1-2H2,(H,8,9). The van der Waals surface area contributed by atoms with Gasteiger partial charge in [0.05, 0.1) is 0 Å². The van der Waals surface area contributed by atoms with Crippen LogP contribution >= 0.6 is 11.6 Å². The summed E-state index contributed by atoms with van der Waals surface area (Å²) in [6.45, 7) is 6.48. The number of halogens is 1. The van der Waals surface area contributed by atoms with Crippen LogP contribution in [0.15, 0.2) is 25.3 Å². The van der Waals surface area contributed by atoms with Crippen LogP contribution in [-0.4, -0.2) is 16.0 Å². The molecular weight excluding hydrogens is 140 g/mol. The van der Waals surface area contributed by atoms with E-state index in [2.05, 4.69) is 13.2 Å². The maximum Gasteiger partial charge on any atom is 0.332 e. The average Bonchev–Trinajstić information content (AvgIpc) is 1.86. The first-order valence-electron chi connectivity index (χ1n) is 2.26. The molecule has 50 valence electrons. The Morgan fingerprint density at radius 2 is 1.89 bits per heavy atom. The fraction of sp³-hybridized carbons (Fsp3) is 0.167. The van der Waals surface area contributed by atoms with Crippen molar-refractivity contribution in [2.24, 2.45) is 0 Å². The summed E-state index contributed by atoms with van der Waals surface area (Å²) in [4.78, 5) is 8.71. The van der Waals surface area contributed by atoms with E-state index in [1.54, 1.807) is 0 Å². The van der Waals surface area contributed by atoms with Crippen LogP contribution in [0.25, 0.3) is 0 Å². The number of carbonyl (C=O) groups is 1. The van der Waals surface area contributed by atoms with Gasteiger partial charge in [-0.25, -0.2) is 4.79 Å². The molecule has 0 aromatic heterocycles. The predicted octanol–water partition coefficient (Wildman–Crippen LogP) is 1.42. The number of hydrogen-bond acceptors (Lipinski definition) is 1. The largest absolute Gasteiger partial charge is 0.479 e. The van der Waals surface area contributed by atoms with Gasteiger partial charge in [0.1, 0.15) is 0 Å². The van der Waals surface area contributed by atoms with Crippen LogP contribution in [0, 0.1) is 0 Å². The van der Waals surface area contributed by atoms with Crippen LogP contribution in [0.1, 0.15) is 0 Å². The van der Waals surface area contributed by atoms with E-state index in [9.17, 15) is 4.79 Å². The molecule has 0 aromatic carbocycles. The Morgan fingerprint density at radius 3 is 1.89 bits per heavy atom. The molecule has 0 spiro atoms. The Morgan fingerprint density at radius 1 is 1.56 bits per heavy atom. The molecule has 0 saturated carbocycles. The van der Waals surface area contributed by atoms with Crippen molar-refractivity contribution < 1.29 is 9.90 Å². The summed E-state index contributed by atoms with van der Waals surface area (Å²) in [7, 11) is 0. The quantitative estimate of drug-likeness (QED) is 0.483. The summed E-state index contributed by atoms with van der Waals surface area (Å²) in [5.41, 5.74) is 0. The molecule has 0 aromatic rings. The highest BCUT2D eigenvalue weighted by atomic mass is 35.5. The van der Waals surface area contributed by atoms with Crippen LogP contribution in [0.3, 0.4) is 0 Å². The Hall–Kier alpha value is -0.760. The molecule has 0 fully saturated rings. The molecule has 0 rings (SSSR count). The molecule has 3 heteroatoms. The van der Waals surface area contributed by atoms with Crippen molar-refractivity contribution in [1.29, 1.82) is 0 Å². The zero-order valence-electron chi connectivity index (χ0n) is 4.80. The third kappa shape index (κ3) is 1.57. The zero-order valence-corrected chi connectivity index (χ0v) is 5.56. The monoisotopic (exact) mass is 146 g/mol. The molecular formula is C6H7ClO2. The van der Waals surface area contributed by atoms with Gasteiger partial charge in [0.25, 0.3) is 0 Å². The summed E-state index contributed by atoms with van der Waals surface area (Å²) < 4.78 is 0. The third-order valence-electron chi connectivity index (χ3n) is 0.922. The minimum atomic E-state index is -1.50. The van der Waals surface area contributed by atoms with Gasteiger partial charge in [-0.15, -0.1) is 13.2 Å². The second-order valence-electron chi connectivity index (χ2n) is 1.48. The highest BCUT2D eigenvalue weighted by Crippen LogP contribution is 2.17. The second-order valence-corrected chi connectivity index (χ2v) is 2.11. The van der Waals surface area contributed by atoms with E-state index in [4.69, 9.17) is 16.7 Å². The molecule has 9 heavy (non-hydrogen) atoms. The van der Waals surface area contributed by atoms with Crippen LogP contribution in [0.2, 0.25) is 0 Å². The SMILES string of the molecule is C=CC(Cl)(C=C)C(=O)O. The Kier molecular flexibility index (Phi) is 2.46. The van der Waals surface area contributed by atoms with Gasteiger partial charge in [0, 0.05) is 0 Å². The van der Waals surface area contributed by atoms with Gasteiger partial charge >= 0.3 is 5.97 Å². The lowest BCUT2D eigenvalue weighted by Gasteiger charge is -2.09. The molecule has 0 unspecified atom stereocenters. The van der Waals surface area contributed by atoms with Gasteiger partial charge in [0.15, 0.2) is 4.87 Å². The van der Waals surface area contributed by atoms with Crippen LogP contribution in [0.4, 0.5) is 0 Å². The first-order chi connectivity index (χ1) is 4.06. The van der Waals surface area contributed by atoms with Gasteiger partial charge in [-0.3, -0.25) is 0 Å². The topological polar surface area (TPSA) is 37.3 Å². The van der Waals surface area contributed by atoms with E-state index in [-0.39, 0.29) is 0 Å². The normalized spacial score (nSPS) is 10.3. The number of rotatable bonds is 3. The van der Waals surface area contributed by atoms with Gasteiger partial charge in [-0.2, -0.15) is 0 Å².